The molecule has 1 aromatic carbocycles. The molecule has 2 rings (SSSR count). The molecular formula is C12H15NO2. The first-order valence-electron chi connectivity index (χ1n) is 5.31. The summed E-state index contributed by atoms with van der Waals surface area (Å²) in [4.78, 5) is 10.9. The Morgan fingerprint density at radius 3 is 2.67 bits per heavy atom. The fourth-order valence-electron chi connectivity index (χ4n) is 2.08. The average Bonchev–Trinajstić information content (AvgIpc) is 2.30. The van der Waals surface area contributed by atoms with Crippen LogP contribution in [0.25, 0.3) is 0 Å². The van der Waals surface area contributed by atoms with Crippen molar-refractivity contribution in [2.24, 2.45) is 0 Å². The Bertz CT molecular complexity index is 337. The molecule has 0 saturated carbocycles. The lowest BCUT2D eigenvalue weighted by atomic mass is 9.93. The molecule has 3 heteroatoms. The van der Waals surface area contributed by atoms with E-state index in [0.29, 0.717) is 0 Å². The van der Waals surface area contributed by atoms with Crippen LogP contribution in [0.15, 0.2) is 30.3 Å². The van der Waals surface area contributed by atoms with Crippen LogP contribution in [0.2, 0.25) is 0 Å². The highest BCUT2D eigenvalue weighted by molar-refractivity contribution is 5.73. The van der Waals surface area contributed by atoms with Crippen molar-refractivity contribution in [1.29, 1.82) is 0 Å². The predicted molar refractivity (Wildman–Crippen MR) is 57.6 cm³/mol. The maximum atomic E-state index is 10.9. The minimum Gasteiger partial charge on any atom is -0.480 e. The molecule has 0 aromatic heterocycles. The fraction of sp³-hybridized carbons (Fsp3) is 0.417. The van der Waals surface area contributed by atoms with Gasteiger partial charge in [0.1, 0.15) is 6.04 Å². The van der Waals surface area contributed by atoms with Gasteiger partial charge in [0.15, 0.2) is 0 Å². The molecule has 2 unspecified atom stereocenters. The molecule has 80 valence electrons. The summed E-state index contributed by atoms with van der Waals surface area (Å²) in [7, 11) is 0. The second kappa shape index (κ2) is 4.45. The first kappa shape index (κ1) is 10.2. The number of rotatable bonds is 2. The zero-order valence-electron chi connectivity index (χ0n) is 8.52. The standard InChI is InChI=1S/C12H15NO2/c14-12(15)11-8-4-7-10(13-11)9-5-2-1-3-6-9/h1-3,5-6,10-11,13H,4,7-8H2,(H,14,15). The fourth-order valence-corrected chi connectivity index (χ4v) is 2.08. The first-order valence-corrected chi connectivity index (χ1v) is 5.31. The van der Waals surface area contributed by atoms with E-state index >= 15 is 0 Å². The Kier molecular flexibility index (Phi) is 3.02. The van der Waals surface area contributed by atoms with E-state index < -0.39 is 5.97 Å². The zero-order chi connectivity index (χ0) is 10.7. The number of carboxylic acid groups (broad SMARTS) is 1. The van der Waals surface area contributed by atoms with Gasteiger partial charge in [0.05, 0.1) is 0 Å². The Morgan fingerprint density at radius 1 is 1.27 bits per heavy atom. The summed E-state index contributed by atoms with van der Waals surface area (Å²) >= 11 is 0. The summed E-state index contributed by atoms with van der Waals surface area (Å²) in [5.74, 6) is -0.740. The monoisotopic (exact) mass is 205 g/mol. The molecule has 1 aliphatic heterocycles. The minimum atomic E-state index is -0.740. The number of piperidine rings is 1. The van der Waals surface area contributed by atoms with Crippen LogP contribution in [-0.4, -0.2) is 17.1 Å². The van der Waals surface area contributed by atoms with Crippen molar-refractivity contribution in [1.82, 2.24) is 5.32 Å². The van der Waals surface area contributed by atoms with Gasteiger partial charge in [-0.3, -0.25) is 10.1 Å². The lowest BCUT2D eigenvalue weighted by Crippen LogP contribution is -2.42. The van der Waals surface area contributed by atoms with Crippen molar-refractivity contribution in [3.63, 3.8) is 0 Å². The number of carboxylic acids is 1. The molecule has 0 aliphatic carbocycles. The van der Waals surface area contributed by atoms with Crippen molar-refractivity contribution in [2.45, 2.75) is 31.3 Å². The van der Waals surface area contributed by atoms with Crippen molar-refractivity contribution in [2.75, 3.05) is 0 Å². The Balaban J connectivity index is 2.08. The molecule has 1 heterocycles. The number of carbonyl (C=O) groups is 1. The number of hydrogen-bond donors (Lipinski definition) is 2. The highest BCUT2D eigenvalue weighted by Crippen LogP contribution is 2.25. The first-order chi connectivity index (χ1) is 7.27. The number of aliphatic carboxylic acids is 1. The SMILES string of the molecule is O=C(O)C1CCCC(c2ccccc2)N1. The van der Waals surface area contributed by atoms with Crippen molar-refractivity contribution in [3.8, 4) is 0 Å². The van der Waals surface area contributed by atoms with Crippen LogP contribution < -0.4 is 5.32 Å². The highest BCUT2D eigenvalue weighted by Gasteiger charge is 2.26. The Morgan fingerprint density at radius 2 is 2.00 bits per heavy atom. The summed E-state index contributed by atoms with van der Waals surface area (Å²) in [5.41, 5.74) is 1.18. The van der Waals surface area contributed by atoms with Gasteiger partial charge in [-0.1, -0.05) is 30.3 Å². The number of nitrogens with one attached hydrogen (secondary N) is 1. The van der Waals surface area contributed by atoms with Gasteiger partial charge in [-0.25, -0.2) is 0 Å². The van der Waals surface area contributed by atoms with Gasteiger partial charge in [-0.15, -0.1) is 0 Å². The van der Waals surface area contributed by atoms with E-state index in [4.69, 9.17) is 5.11 Å². The van der Waals surface area contributed by atoms with E-state index in [1.165, 1.54) is 5.56 Å². The molecule has 0 amide bonds. The number of benzene rings is 1. The minimum absolute atomic E-state index is 0.195. The Labute approximate surface area is 89.1 Å². The summed E-state index contributed by atoms with van der Waals surface area (Å²) in [6.45, 7) is 0. The van der Waals surface area contributed by atoms with Gasteiger partial charge in [-0.05, 0) is 24.8 Å². The maximum absolute atomic E-state index is 10.9. The highest BCUT2D eigenvalue weighted by atomic mass is 16.4. The molecule has 1 fully saturated rings. The van der Waals surface area contributed by atoms with Crippen LogP contribution in [-0.2, 0) is 4.79 Å². The van der Waals surface area contributed by atoms with Gasteiger partial charge in [0.2, 0.25) is 0 Å². The van der Waals surface area contributed by atoms with Crippen molar-refractivity contribution in [3.05, 3.63) is 35.9 Å². The second-order valence-electron chi connectivity index (χ2n) is 3.95. The van der Waals surface area contributed by atoms with Crippen molar-refractivity contribution >= 4 is 5.97 Å². The van der Waals surface area contributed by atoms with Crippen LogP contribution >= 0.6 is 0 Å². The van der Waals surface area contributed by atoms with E-state index in [1.807, 2.05) is 30.3 Å². The molecule has 2 N–H and O–H groups in total. The van der Waals surface area contributed by atoms with Gasteiger partial charge >= 0.3 is 5.97 Å². The summed E-state index contributed by atoms with van der Waals surface area (Å²) < 4.78 is 0. The van der Waals surface area contributed by atoms with E-state index in [9.17, 15) is 4.79 Å². The molecule has 0 bridgehead atoms. The van der Waals surface area contributed by atoms with Gasteiger partial charge in [0, 0.05) is 6.04 Å². The Hall–Kier alpha value is -1.35. The van der Waals surface area contributed by atoms with Crippen LogP contribution in [0, 0.1) is 0 Å². The summed E-state index contributed by atoms with van der Waals surface area (Å²) in [6.07, 6.45) is 2.73. The third-order valence-corrected chi connectivity index (χ3v) is 2.89. The summed E-state index contributed by atoms with van der Waals surface area (Å²) in [6, 6.07) is 9.85. The molecule has 0 radical (unpaired) electrons. The maximum Gasteiger partial charge on any atom is 0.320 e. The molecule has 1 saturated heterocycles. The van der Waals surface area contributed by atoms with E-state index in [0.717, 1.165) is 19.3 Å². The molecule has 1 aromatic rings. The smallest absolute Gasteiger partial charge is 0.320 e. The summed E-state index contributed by atoms with van der Waals surface area (Å²) in [5, 5.41) is 12.1. The molecule has 15 heavy (non-hydrogen) atoms. The largest absolute Gasteiger partial charge is 0.480 e. The van der Waals surface area contributed by atoms with Gasteiger partial charge < -0.3 is 5.11 Å². The second-order valence-corrected chi connectivity index (χ2v) is 3.95. The molecular weight excluding hydrogens is 190 g/mol. The average molecular weight is 205 g/mol. The molecule has 2 atom stereocenters. The van der Waals surface area contributed by atoms with Gasteiger partial charge in [0.25, 0.3) is 0 Å². The van der Waals surface area contributed by atoms with E-state index in [-0.39, 0.29) is 12.1 Å². The molecule has 1 aliphatic rings. The van der Waals surface area contributed by atoms with Crippen LogP contribution in [0.1, 0.15) is 30.9 Å². The molecule has 3 nitrogen and oxygen atoms in total. The third-order valence-electron chi connectivity index (χ3n) is 2.89. The van der Waals surface area contributed by atoms with E-state index in [2.05, 4.69) is 5.32 Å². The quantitative estimate of drug-likeness (QED) is 0.776. The lowest BCUT2D eigenvalue weighted by Gasteiger charge is -2.28. The topological polar surface area (TPSA) is 49.3 Å². The van der Waals surface area contributed by atoms with Crippen LogP contribution in [0.5, 0.6) is 0 Å². The van der Waals surface area contributed by atoms with Crippen molar-refractivity contribution < 1.29 is 9.90 Å². The molecule has 0 spiro atoms. The normalized spacial score (nSPS) is 26.1. The number of hydrogen-bond acceptors (Lipinski definition) is 2. The van der Waals surface area contributed by atoms with Crippen LogP contribution in [0.4, 0.5) is 0 Å². The predicted octanol–water partition coefficient (Wildman–Crippen LogP) is 1.95. The van der Waals surface area contributed by atoms with Gasteiger partial charge in [-0.2, -0.15) is 0 Å². The zero-order valence-corrected chi connectivity index (χ0v) is 8.52. The lowest BCUT2D eigenvalue weighted by molar-refractivity contribution is -0.140. The third kappa shape index (κ3) is 2.36. The van der Waals surface area contributed by atoms with Crippen LogP contribution in [0.3, 0.4) is 0 Å². The van der Waals surface area contributed by atoms with E-state index in [1.54, 1.807) is 0 Å².